The molecule has 142 valence electrons. The molecule has 0 fully saturated rings. The van der Waals surface area contributed by atoms with Crippen molar-refractivity contribution in [2.24, 2.45) is 0 Å². The van der Waals surface area contributed by atoms with E-state index in [4.69, 9.17) is 4.42 Å². The lowest BCUT2D eigenvalue weighted by molar-refractivity contribution is 0.0831. The first-order valence-electron chi connectivity index (χ1n) is 8.97. The highest BCUT2D eigenvalue weighted by atomic mass is 16.3. The van der Waals surface area contributed by atoms with Crippen molar-refractivity contribution in [2.45, 2.75) is 0 Å². The van der Waals surface area contributed by atoms with Crippen LogP contribution in [0.25, 0.3) is 22.3 Å². The third kappa shape index (κ3) is 3.91. The number of hydrazine groups is 1. The van der Waals surface area contributed by atoms with E-state index in [1.165, 1.54) is 6.20 Å². The number of pyridine rings is 1. The van der Waals surface area contributed by atoms with Crippen LogP contribution in [0.5, 0.6) is 0 Å². The van der Waals surface area contributed by atoms with Gasteiger partial charge in [-0.1, -0.05) is 60.7 Å². The summed E-state index contributed by atoms with van der Waals surface area (Å²) in [6.07, 6.45) is 4.53. The Kier molecular flexibility index (Phi) is 5.16. The van der Waals surface area contributed by atoms with Crippen molar-refractivity contribution in [3.63, 3.8) is 0 Å². The van der Waals surface area contributed by atoms with Crippen LogP contribution < -0.4 is 10.9 Å². The maximum atomic E-state index is 12.8. The fraction of sp³-hybridized carbons (Fsp3) is 0. The Balaban J connectivity index is 1.64. The number of benzene rings is 2. The van der Waals surface area contributed by atoms with Crippen LogP contribution in [-0.2, 0) is 0 Å². The van der Waals surface area contributed by atoms with Gasteiger partial charge < -0.3 is 4.42 Å². The molecule has 29 heavy (non-hydrogen) atoms. The molecule has 0 bridgehead atoms. The van der Waals surface area contributed by atoms with Gasteiger partial charge in [0.25, 0.3) is 5.91 Å². The predicted octanol–water partition coefficient (Wildman–Crippen LogP) is 4.08. The molecule has 0 radical (unpaired) electrons. The number of carbonyl (C=O) groups excluding carboxylic acids is 2. The second-order valence-electron chi connectivity index (χ2n) is 6.24. The number of aromatic nitrogens is 1. The van der Waals surface area contributed by atoms with E-state index in [2.05, 4.69) is 15.8 Å². The molecular weight excluding hydrogens is 366 g/mol. The first-order chi connectivity index (χ1) is 14.2. The van der Waals surface area contributed by atoms with Gasteiger partial charge in [0.05, 0.1) is 11.8 Å². The second-order valence-corrected chi connectivity index (χ2v) is 6.24. The highest BCUT2D eigenvalue weighted by Crippen LogP contribution is 2.36. The Morgan fingerprint density at radius 3 is 2.07 bits per heavy atom. The minimum atomic E-state index is -0.553. The van der Waals surface area contributed by atoms with Gasteiger partial charge in [-0.3, -0.25) is 25.4 Å². The molecule has 4 rings (SSSR count). The van der Waals surface area contributed by atoms with Crippen LogP contribution >= 0.6 is 0 Å². The minimum absolute atomic E-state index is 0.113. The summed E-state index contributed by atoms with van der Waals surface area (Å²) in [4.78, 5) is 28.8. The summed E-state index contributed by atoms with van der Waals surface area (Å²) in [5.74, 6) is -0.910. The Hall–Kier alpha value is -4.19. The normalized spacial score (nSPS) is 10.3. The first-order valence-corrected chi connectivity index (χ1v) is 8.97. The fourth-order valence-corrected chi connectivity index (χ4v) is 2.99. The smallest absolute Gasteiger partial charge is 0.306 e. The molecule has 0 atom stereocenters. The maximum Gasteiger partial charge on any atom is 0.306 e. The fourth-order valence-electron chi connectivity index (χ4n) is 2.99. The van der Waals surface area contributed by atoms with Gasteiger partial charge in [-0.05, 0) is 23.3 Å². The first kappa shape index (κ1) is 18.2. The second kappa shape index (κ2) is 8.22. The van der Waals surface area contributed by atoms with Gasteiger partial charge in [0.15, 0.2) is 0 Å². The van der Waals surface area contributed by atoms with Crippen LogP contribution in [0.4, 0.5) is 0 Å². The number of carbonyl (C=O) groups is 2. The summed E-state index contributed by atoms with van der Waals surface area (Å²) in [6.45, 7) is 0. The standard InChI is InChI=1S/C23H17N3O3/c27-22(18-12-7-13-24-14-18)25-26-23(28)21-20(17-10-5-2-6-11-17)19(15-29-21)16-8-3-1-4-9-16/h1-15H,(H,25,27)(H,26,28). The quantitative estimate of drug-likeness (QED) is 0.520. The highest BCUT2D eigenvalue weighted by molar-refractivity contribution is 6.04. The molecule has 2 N–H and O–H groups in total. The summed E-state index contributed by atoms with van der Waals surface area (Å²) >= 11 is 0. The minimum Gasteiger partial charge on any atom is -0.458 e. The van der Waals surface area contributed by atoms with Crippen LogP contribution in [-0.4, -0.2) is 16.8 Å². The van der Waals surface area contributed by atoms with Crippen molar-refractivity contribution in [1.82, 2.24) is 15.8 Å². The van der Waals surface area contributed by atoms with Crippen molar-refractivity contribution >= 4 is 11.8 Å². The highest BCUT2D eigenvalue weighted by Gasteiger charge is 2.23. The summed E-state index contributed by atoms with van der Waals surface area (Å²) in [7, 11) is 0. The molecule has 6 heteroatoms. The number of furan rings is 1. The van der Waals surface area contributed by atoms with E-state index in [0.717, 1.165) is 16.7 Å². The number of hydrogen-bond acceptors (Lipinski definition) is 4. The van der Waals surface area contributed by atoms with Crippen LogP contribution in [0, 0.1) is 0 Å². The lowest BCUT2D eigenvalue weighted by atomic mass is 9.96. The molecule has 2 aromatic heterocycles. The molecule has 4 aromatic rings. The molecule has 0 aliphatic heterocycles. The van der Waals surface area contributed by atoms with Gasteiger partial charge in [0.2, 0.25) is 5.76 Å². The molecule has 0 saturated carbocycles. The van der Waals surface area contributed by atoms with E-state index in [0.29, 0.717) is 11.1 Å². The monoisotopic (exact) mass is 383 g/mol. The number of nitrogens with one attached hydrogen (secondary N) is 2. The molecule has 0 saturated heterocycles. The molecule has 0 aliphatic rings. The largest absolute Gasteiger partial charge is 0.458 e. The van der Waals surface area contributed by atoms with E-state index in [9.17, 15) is 9.59 Å². The van der Waals surface area contributed by atoms with Gasteiger partial charge >= 0.3 is 5.91 Å². The number of amides is 2. The van der Waals surface area contributed by atoms with Gasteiger partial charge in [-0.2, -0.15) is 0 Å². The van der Waals surface area contributed by atoms with Crippen molar-refractivity contribution in [2.75, 3.05) is 0 Å². The molecule has 2 aromatic carbocycles. The van der Waals surface area contributed by atoms with E-state index in [-0.39, 0.29) is 5.76 Å². The topological polar surface area (TPSA) is 84.2 Å². The molecule has 2 heterocycles. The molecule has 6 nitrogen and oxygen atoms in total. The number of nitrogens with zero attached hydrogens (tertiary/aromatic N) is 1. The van der Waals surface area contributed by atoms with Crippen LogP contribution in [0.3, 0.4) is 0 Å². The van der Waals surface area contributed by atoms with Gasteiger partial charge in [0.1, 0.15) is 0 Å². The third-order valence-electron chi connectivity index (χ3n) is 4.36. The van der Waals surface area contributed by atoms with Gasteiger partial charge in [-0.15, -0.1) is 0 Å². The van der Waals surface area contributed by atoms with E-state index < -0.39 is 11.8 Å². The van der Waals surface area contributed by atoms with E-state index in [1.807, 2.05) is 60.7 Å². The maximum absolute atomic E-state index is 12.8. The number of rotatable bonds is 4. The zero-order valence-corrected chi connectivity index (χ0v) is 15.3. The third-order valence-corrected chi connectivity index (χ3v) is 4.36. The summed E-state index contributed by atoms with van der Waals surface area (Å²) < 4.78 is 5.63. The van der Waals surface area contributed by atoms with E-state index >= 15 is 0 Å². The lowest BCUT2D eigenvalue weighted by Gasteiger charge is -2.09. The Bertz CT molecular complexity index is 1120. The van der Waals surface area contributed by atoms with Crippen LogP contribution in [0.2, 0.25) is 0 Å². The molecule has 0 spiro atoms. The number of hydrogen-bond donors (Lipinski definition) is 2. The van der Waals surface area contributed by atoms with Crippen molar-refractivity contribution in [1.29, 1.82) is 0 Å². The molecule has 0 unspecified atom stereocenters. The summed E-state index contributed by atoms with van der Waals surface area (Å²) in [6, 6.07) is 22.4. The predicted molar refractivity (Wildman–Crippen MR) is 109 cm³/mol. The van der Waals surface area contributed by atoms with Gasteiger partial charge in [-0.25, -0.2) is 0 Å². The summed E-state index contributed by atoms with van der Waals surface area (Å²) in [5.41, 5.74) is 8.34. The van der Waals surface area contributed by atoms with Crippen molar-refractivity contribution in [3.05, 3.63) is 103 Å². The lowest BCUT2D eigenvalue weighted by Crippen LogP contribution is -2.41. The Morgan fingerprint density at radius 1 is 0.759 bits per heavy atom. The Morgan fingerprint density at radius 2 is 1.41 bits per heavy atom. The molecular formula is C23H17N3O3. The average molecular weight is 383 g/mol. The summed E-state index contributed by atoms with van der Waals surface area (Å²) in [5, 5.41) is 0. The zero-order chi connectivity index (χ0) is 20.1. The van der Waals surface area contributed by atoms with Crippen LogP contribution in [0.1, 0.15) is 20.9 Å². The van der Waals surface area contributed by atoms with Crippen LogP contribution in [0.15, 0.2) is 95.9 Å². The molecule has 2 amide bonds. The van der Waals surface area contributed by atoms with Crippen molar-refractivity contribution < 1.29 is 14.0 Å². The molecule has 0 aliphatic carbocycles. The Labute approximate surface area is 167 Å². The van der Waals surface area contributed by atoms with Crippen molar-refractivity contribution in [3.8, 4) is 22.3 Å². The zero-order valence-electron chi connectivity index (χ0n) is 15.3. The van der Waals surface area contributed by atoms with E-state index in [1.54, 1.807) is 24.6 Å². The average Bonchev–Trinajstić information content (AvgIpc) is 3.24. The van der Waals surface area contributed by atoms with Gasteiger partial charge in [0, 0.05) is 23.5 Å². The SMILES string of the molecule is O=C(NNC(=O)c1occ(-c2ccccc2)c1-c1ccccc1)c1cccnc1.